The lowest BCUT2D eigenvalue weighted by molar-refractivity contribution is 0.416. The molecule has 3 heteroatoms. The molecule has 1 unspecified atom stereocenters. The van der Waals surface area contributed by atoms with Gasteiger partial charge in [-0.05, 0) is 37.0 Å². The number of methoxy groups -OCH3 is 1. The number of ether oxygens (including phenoxy) is 1. The monoisotopic (exact) mass is 248 g/mol. The molecule has 1 rings (SSSR count). The van der Waals surface area contributed by atoms with Gasteiger partial charge in [-0.2, -0.15) is 0 Å². The highest BCUT2D eigenvalue weighted by Crippen LogP contribution is 2.30. The highest BCUT2D eigenvalue weighted by atomic mass is 16.5. The Morgan fingerprint density at radius 1 is 1.44 bits per heavy atom. The first kappa shape index (κ1) is 14.4. The van der Waals surface area contributed by atoms with E-state index in [1.165, 1.54) is 5.56 Å². The number of hydrogen-bond donors (Lipinski definition) is 2. The first-order valence-electron chi connectivity index (χ1n) is 6.41. The fourth-order valence-electron chi connectivity index (χ4n) is 1.63. The summed E-state index contributed by atoms with van der Waals surface area (Å²) in [5, 5.41) is 6.32. The maximum absolute atomic E-state index is 5.43. The Labute approximate surface area is 110 Å². The smallest absolute Gasteiger partial charge is 0.142 e. The van der Waals surface area contributed by atoms with Crippen LogP contribution in [-0.2, 0) is 0 Å². The molecule has 0 aliphatic heterocycles. The average Bonchev–Trinajstić information content (AvgIpc) is 2.43. The van der Waals surface area contributed by atoms with Gasteiger partial charge in [0, 0.05) is 18.9 Å². The predicted molar refractivity (Wildman–Crippen MR) is 78.1 cm³/mol. The number of anilines is 1. The minimum atomic E-state index is 0.558. The number of benzene rings is 1. The summed E-state index contributed by atoms with van der Waals surface area (Å²) in [4.78, 5) is 0. The number of rotatable bonds is 6. The summed E-state index contributed by atoms with van der Waals surface area (Å²) >= 11 is 0. The fourth-order valence-corrected chi connectivity index (χ4v) is 1.63. The van der Waals surface area contributed by atoms with Gasteiger partial charge in [0.15, 0.2) is 0 Å². The van der Waals surface area contributed by atoms with Crippen molar-refractivity contribution in [1.29, 1.82) is 0 Å². The Morgan fingerprint density at radius 3 is 2.72 bits per heavy atom. The van der Waals surface area contributed by atoms with Gasteiger partial charge in [0.2, 0.25) is 0 Å². The predicted octanol–water partition coefficient (Wildman–Crippen LogP) is 3.70. The molecule has 0 radical (unpaired) electrons. The molecule has 0 spiro atoms. The second-order valence-electron chi connectivity index (χ2n) is 4.49. The molecule has 1 atom stereocenters. The molecular weight excluding hydrogens is 224 g/mol. The minimum Gasteiger partial charge on any atom is -0.495 e. The van der Waals surface area contributed by atoms with Crippen molar-refractivity contribution in [2.24, 2.45) is 0 Å². The van der Waals surface area contributed by atoms with E-state index in [9.17, 15) is 0 Å². The van der Waals surface area contributed by atoms with Gasteiger partial charge in [-0.1, -0.05) is 19.9 Å². The van der Waals surface area contributed by atoms with E-state index >= 15 is 0 Å². The summed E-state index contributed by atoms with van der Waals surface area (Å²) in [7, 11) is 3.60. The van der Waals surface area contributed by atoms with Crippen LogP contribution in [0.5, 0.6) is 5.75 Å². The molecule has 0 aliphatic rings. The van der Waals surface area contributed by atoms with E-state index in [0.717, 1.165) is 23.6 Å². The molecular formula is C15H24N2O. The van der Waals surface area contributed by atoms with Crippen molar-refractivity contribution in [3.63, 3.8) is 0 Å². The van der Waals surface area contributed by atoms with Gasteiger partial charge in [-0.15, -0.1) is 0 Å². The van der Waals surface area contributed by atoms with Crippen LogP contribution in [0.15, 0.2) is 30.1 Å². The summed E-state index contributed by atoms with van der Waals surface area (Å²) < 4.78 is 5.43. The van der Waals surface area contributed by atoms with Crippen molar-refractivity contribution in [3.05, 3.63) is 35.7 Å². The third kappa shape index (κ3) is 3.69. The van der Waals surface area contributed by atoms with Gasteiger partial charge < -0.3 is 15.4 Å². The molecule has 18 heavy (non-hydrogen) atoms. The van der Waals surface area contributed by atoms with Crippen LogP contribution in [-0.4, -0.2) is 14.2 Å². The molecule has 3 nitrogen and oxygen atoms in total. The maximum atomic E-state index is 5.43. The van der Waals surface area contributed by atoms with Crippen molar-refractivity contribution < 1.29 is 4.74 Å². The second kappa shape index (κ2) is 6.94. The molecule has 0 fully saturated rings. The van der Waals surface area contributed by atoms with E-state index in [-0.39, 0.29) is 0 Å². The van der Waals surface area contributed by atoms with E-state index in [2.05, 4.69) is 42.7 Å². The second-order valence-corrected chi connectivity index (χ2v) is 4.49. The molecule has 0 aliphatic carbocycles. The maximum Gasteiger partial charge on any atom is 0.142 e. The van der Waals surface area contributed by atoms with Crippen LogP contribution in [0.1, 0.15) is 38.7 Å². The Kier molecular flexibility index (Phi) is 5.56. The molecule has 0 heterocycles. The van der Waals surface area contributed by atoms with Crippen LogP contribution in [0, 0.1) is 0 Å². The van der Waals surface area contributed by atoms with E-state index < -0.39 is 0 Å². The van der Waals surface area contributed by atoms with Gasteiger partial charge in [0.05, 0.1) is 12.8 Å². The highest BCUT2D eigenvalue weighted by Gasteiger charge is 2.07. The summed E-state index contributed by atoms with van der Waals surface area (Å²) in [5.74, 6) is 1.44. The third-order valence-electron chi connectivity index (χ3n) is 3.25. The summed E-state index contributed by atoms with van der Waals surface area (Å²) in [5.41, 5.74) is 3.37. The molecule has 0 aromatic heterocycles. The Hall–Kier alpha value is -1.64. The van der Waals surface area contributed by atoms with Crippen molar-refractivity contribution in [3.8, 4) is 5.75 Å². The standard InChI is InChI=1S/C15H24N2O/c1-6-11(2)13-7-8-14(15(9-13)18-5)17-10-12(3)16-4/h7-11,16-17H,6H2,1-5H3/b12-10-. The van der Waals surface area contributed by atoms with Crippen LogP contribution in [0.25, 0.3) is 0 Å². The third-order valence-corrected chi connectivity index (χ3v) is 3.25. The number of nitrogens with one attached hydrogen (secondary N) is 2. The van der Waals surface area contributed by atoms with Gasteiger partial charge >= 0.3 is 0 Å². The minimum absolute atomic E-state index is 0.558. The average molecular weight is 248 g/mol. The number of allylic oxidation sites excluding steroid dienone is 1. The molecule has 0 saturated carbocycles. The van der Waals surface area contributed by atoms with Gasteiger partial charge in [0.1, 0.15) is 5.75 Å². The van der Waals surface area contributed by atoms with Gasteiger partial charge in [-0.3, -0.25) is 0 Å². The zero-order valence-electron chi connectivity index (χ0n) is 12.0. The van der Waals surface area contributed by atoms with E-state index in [1.807, 2.05) is 20.2 Å². The quantitative estimate of drug-likeness (QED) is 0.805. The summed E-state index contributed by atoms with van der Waals surface area (Å²) in [6.07, 6.45) is 3.06. The van der Waals surface area contributed by atoms with Crippen molar-refractivity contribution >= 4 is 5.69 Å². The molecule has 2 N–H and O–H groups in total. The Morgan fingerprint density at radius 2 is 2.17 bits per heavy atom. The largest absolute Gasteiger partial charge is 0.495 e. The topological polar surface area (TPSA) is 33.3 Å². The molecule has 0 bridgehead atoms. The zero-order valence-corrected chi connectivity index (χ0v) is 12.0. The normalized spacial score (nSPS) is 13.1. The summed E-state index contributed by atoms with van der Waals surface area (Å²) in [6.45, 7) is 6.43. The molecule has 100 valence electrons. The van der Waals surface area contributed by atoms with Crippen molar-refractivity contribution in [2.45, 2.75) is 33.1 Å². The van der Waals surface area contributed by atoms with Crippen LogP contribution in [0.3, 0.4) is 0 Å². The van der Waals surface area contributed by atoms with Crippen LogP contribution >= 0.6 is 0 Å². The SMILES string of the molecule is CCC(C)c1ccc(N/C=C(/C)NC)c(OC)c1. The van der Waals surface area contributed by atoms with Crippen LogP contribution in [0.4, 0.5) is 5.69 Å². The van der Waals surface area contributed by atoms with Crippen LogP contribution in [0.2, 0.25) is 0 Å². The zero-order chi connectivity index (χ0) is 13.5. The van der Waals surface area contributed by atoms with Gasteiger partial charge in [-0.25, -0.2) is 0 Å². The van der Waals surface area contributed by atoms with Crippen molar-refractivity contribution in [2.75, 3.05) is 19.5 Å². The van der Waals surface area contributed by atoms with E-state index in [4.69, 9.17) is 4.74 Å². The lowest BCUT2D eigenvalue weighted by atomic mass is 9.98. The number of hydrogen-bond acceptors (Lipinski definition) is 3. The lowest BCUT2D eigenvalue weighted by Gasteiger charge is -2.14. The fraction of sp³-hybridized carbons (Fsp3) is 0.467. The van der Waals surface area contributed by atoms with E-state index in [1.54, 1.807) is 7.11 Å². The highest BCUT2D eigenvalue weighted by molar-refractivity contribution is 5.59. The van der Waals surface area contributed by atoms with E-state index in [0.29, 0.717) is 5.92 Å². The lowest BCUT2D eigenvalue weighted by Crippen LogP contribution is -2.04. The van der Waals surface area contributed by atoms with Gasteiger partial charge in [0.25, 0.3) is 0 Å². The Bertz CT molecular complexity index is 413. The first-order chi connectivity index (χ1) is 8.62. The molecule has 1 aromatic rings. The molecule has 1 aromatic carbocycles. The Balaban J connectivity index is 2.93. The summed E-state index contributed by atoms with van der Waals surface area (Å²) in [6, 6.07) is 6.33. The molecule has 0 amide bonds. The van der Waals surface area contributed by atoms with Crippen LogP contribution < -0.4 is 15.4 Å². The molecule has 0 saturated heterocycles. The van der Waals surface area contributed by atoms with Crippen molar-refractivity contribution in [1.82, 2.24) is 5.32 Å². The first-order valence-corrected chi connectivity index (χ1v) is 6.41.